The third-order valence-corrected chi connectivity index (χ3v) is 4.94. The minimum atomic E-state index is -1.48. The van der Waals surface area contributed by atoms with Crippen LogP contribution in [-0.4, -0.2) is 13.9 Å². The fourth-order valence-electron chi connectivity index (χ4n) is 1.46. The lowest BCUT2D eigenvalue weighted by Crippen LogP contribution is -2.34. The number of halogens is 1. The van der Waals surface area contributed by atoms with Crippen molar-refractivity contribution in [3.05, 3.63) is 0 Å². The summed E-state index contributed by atoms with van der Waals surface area (Å²) in [5, 5.41) is 0. The average molecular weight is 209 g/mol. The van der Waals surface area contributed by atoms with Crippen LogP contribution < -0.4 is 0 Å². The largest absolute Gasteiger partial charge is 0.401 e. The maximum Gasteiger partial charge on any atom is 0.189 e. The molecular weight excluding hydrogens is 188 g/mol. The lowest BCUT2D eigenvalue weighted by Gasteiger charge is -2.27. The van der Waals surface area contributed by atoms with Crippen molar-refractivity contribution < 1.29 is 4.43 Å². The Kier molecular flexibility index (Phi) is 5.46. The molecule has 74 valence electrons. The van der Waals surface area contributed by atoms with Gasteiger partial charge in [0, 0.05) is 0 Å². The molecule has 0 aliphatic heterocycles. The van der Waals surface area contributed by atoms with Crippen LogP contribution in [-0.2, 0) is 4.43 Å². The van der Waals surface area contributed by atoms with E-state index in [4.69, 9.17) is 16.0 Å². The van der Waals surface area contributed by atoms with Crippen LogP contribution >= 0.6 is 11.6 Å². The van der Waals surface area contributed by atoms with E-state index in [1.807, 2.05) is 0 Å². The molecule has 1 unspecified atom stereocenters. The highest BCUT2D eigenvalue weighted by molar-refractivity contribution is 6.71. The first-order chi connectivity index (χ1) is 5.37. The van der Waals surface area contributed by atoms with Crippen molar-refractivity contribution >= 4 is 19.9 Å². The Balaban J connectivity index is 3.85. The minimum Gasteiger partial charge on any atom is -0.401 e. The van der Waals surface area contributed by atoms with E-state index in [0.29, 0.717) is 5.92 Å². The van der Waals surface area contributed by atoms with E-state index >= 15 is 0 Å². The van der Waals surface area contributed by atoms with E-state index in [1.54, 1.807) is 0 Å². The van der Waals surface area contributed by atoms with Crippen LogP contribution in [0.15, 0.2) is 0 Å². The SMILES string of the molecule is CCC(Cl)O[Si](C)(C)CC(C)C. The summed E-state index contributed by atoms with van der Waals surface area (Å²) in [6, 6.07) is 1.19. The van der Waals surface area contributed by atoms with Crippen molar-refractivity contribution in [2.75, 3.05) is 0 Å². The third-order valence-electron chi connectivity index (χ3n) is 1.67. The zero-order chi connectivity index (χ0) is 9.78. The molecule has 0 rings (SSSR count). The quantitative estimate of drug-likeness (QED) is 0.493. The van der Waals surface area contributed by atoms with Gasteiger partial charge in [-0.15, -0.1) is 0 Å². The molecular formula is C9H21ClOSi. The van der Waals surface area contributed by atoms with Crippen LogP contribution in [0.2, 0.25) is 19.1 Å². The first kappa shape index (κ1) is 12.5. The smallest absolute Gasteiger partial charge is 0.189 e. The Hall–Kier alpha value is 0.467. The summed E-state index contributed by atoms with van der Waals surface area (Å²) in [4.78, 5) is 0. The van der Waals surface area contributed by atoms with Gasteiger partial charge in [0.2, 0.25) is 0 Å². The van der Waals surface area contributed by atoms with E-state index in [9.17, 15) is 0 Å². The number of alkyl halides is 1. The van der Waals surface area contributed by atoms with E-state index < -0.39 is 8.32 Å². The van der Waals surface area contributed by atoms with E-state index in [1.165, 1.54) is 6.04 Å². The maximum absolute atomic E-state index is 5.95. The van der Waals surface area contributed by atoms with Gasteiger partial charge in [-0.05, 0) is 31.5 Å². The zero-order valence-electron chi connectivity index (χ0n) is 8.86. The van der Waals surface area contributed by atoms with Gasteiger partial charge in [-0.3, -0.25) is 0 Å². The summed E-state index contributed by atoms with van der Waals surface area (Å²) in [7, 11) is -1.48. The van der Waals surface area contributed by atoms with Gasteiger partial charge < -0.3 is 4.43 Å². The molecule has 0 aromatic heterocycles. The molecule has 0 aliphatic carbocycles. The standard InChI is InChI=1S/C9H21ClOSi/c1-6-9(10)11-12(4,5)7-8(2)3/h8-9H,6-7H2,1-5H3. The molecule has 1 nitrogen and oxygen atoms in total. The molecule has 0 heterocycles. The van der Waals surface area contributed by atoms with E-state index in [2.05, 4.69) is 33.9 Å². The molecule has 0 aromatic carbocycles. The Morgan fingerprint density at radius 3 is 2.17 bits per heavy atom. The molecule has 0 saturated heterocycles. The molecule has 12 heavy (non-hydrogen) atoms. The Morgan fingerprint density at radius 1 is 1.33 bits per heavy atom. The monoisotopic (exact) mass is 208 g/mol. The molecule has 0 saturated carbocycles. The molecule has 0 N–H and O–H groups in total. The van der Waals surface area contributed by atoms with Crippen molar-refractivity contribution in [3.63, 3.8) is 0 Å². The summed E-state index contributed by atoms with van der Waals surface area (Å²) in [5.74, 6) is 0.715. The Labute approximate surface area is 82.6 Å². The lowest BCUT2D eigenvalue weighted by atomic mass is 10.3. The second-order valence-corrected chi connectivity index (χ2v) is 8.94. The Morgan fingerprint density at radius 2 is 1.83 bits per heavy atom. The van der Waals surface area contributed by atoms with Gasteiger partial charge in [0.05, 0.1) is 0 Å². The average Bonchev–Trinajstić information content (AvgIpc) is 1.83. The highest BCUT2D eigenvalue weighted by Gasteiger charge is 2.26. The summed E-state index contributed by atoms with van der Waals surface area (Å²) in [6.45, 7) is 11.0. The topological polar surface area (TPSA) is 9.23 Å². The van der Waals surface area contributed by atoms with Gasteiger partial charge in [0.25, 0.3) is 0 Å². The molecule has 0 aromatic rings. The summed E-state index contributed by atoms with van der Waals surface area (Å²) in [5.41, 5.74) is -0.0783. The number of hydrogen-bond acceptors (Lipinski definition) is 1. The summed E-state index contributed by atoms with van der Waals surface area (Å²) < 4.78 is 5.80. The Bertz CT molecular complexity index is 126. The molecule has 0 aliphatic rings. The van der Waals surface area contributed by atoms with Crippen molar-refractivity contribution in [1.29, 1.82) is 0 Å². The van der Waals surface area contributed by atoms with E-state index in [0.717, 1.165) is 6.42 Å². The number of rotatable bonds is 5. The molecule has 1 atom stereocenters. The molecule has 3 heteroatoms. The molecule has 0 spiro atoms. The molecule has 0 bridgehead atoms. The fourth-order valence-corrected chi connectivity index (χ4v) is 5.11. The van der Waals surface area contributed by atoms with Gasteiger partial charge >= 0.3 is 0 Å². The van der Waals surface area contributed by atoms with Crippen molar-refractivity contribution in [2.45, 2.75) is 51.9 Å². The normalized spacial score (nSPS) is 15.2. The van der Waals surface area contributed by atoms with Crippen molar-refractivity contribution in [1.82, 2.24) is 0 Å². The molecule has 0 amide bonds. The van der Waals surface area contributed by atoms with Gasteiger partial charge in [-0.25, -0.2) is 0 Å². The number of hydrogen-bond donors (Lipinski definition) is 0. The summed E-state index contributed by atoms with van der Waals surface area (Å²) >= 11 is 5.95. The fraction of sp³-hybridized carbons (Fsp3) is 1.00. The van der Waals surface area contributed by atoms with Gasteiger partial charge in [0.1, 0.15) is 5.56 Å². The molecule has 0 fully saturated rings. The highest BCUT2D eigenvalue weighted by atomic mass is 35.5. The van der Waals surface area contributed by atoms with Crippen molar-refractivity contribution in [3.8, 4) is 0 Å². The van der Waals surface area contributed by atoms with Crippen molar-refractivity contribution in [2.24, 2.45) is 5.92 Å². The van der Waals surface area contributed by atoms with Crippen LogP contribution in [0.1, 0.15) is 27.2 Å². The first-order valence-corrected chi connectivity index (χ1v) is 8.24. The second kappa shape index (κ2) is 5.25. The van der Waals surface area contributed by atoms with Crippen LogP contribution in [0.25, 0.3) is 0 Å². The summed E-state index contributed by atoms with van der Waals surface area (Å²) in [6.07, 6.45) is 0.899. The molecule has 0 radical (unpaired) electrons. The van der Waals surface area contributed by atoms with Gasteiger partial charge in [-0.2, -0.15) is 0 Å². The predicted molar refractivity (Wildman–Crippen MR) is 58.1 cm³/mol. The zero-order valence-corrected chi connectivity index (χ0v) is 10.6. The van der Waals surface area contributed by atoms with Gasteiger partial charge in [0.15, 0.2) is 8.32 Å². The van der Waals surface area contributed by atoms with Crippen LogP contribution in [0.5, 0.6) is 0 Å². The minimum absolute atomic E-state index is 0.0783. The van der Waals surface area contributed by atoms with Crippen LogP contribution in [0, 0.1) is 5.92 Å². The lowest BCUT2D eigenvalue weighted by molar-refractivity contribution is 0.263. The van der Waals surface area contributed by atoms with E-state index in [-0.39, 0.29) is 5.56 Å². The predicted octanol–water partition coefficient (Wildman–Crippen LogP) is 3.84. The van der Waals surface area contributed by atoms with Crippen LogP contribution in [0.4, 0.5) is 0 Å². The highest BCUT2D eigenvalue weighted by Crippen LogP contribution is 2.21. The van der Waals surface area contributed by atoms with Gasteiger partial charge in [-0.1, -0.05) is 32.4 Å². The third kappa shape index (κ3) is 6.04. The second-order valence-electron chi connectivity index (χ2n) is 4.29. The van der Waals surface area contributed by atoms with Crippen LogP contribution in [0.3, 0.4) is 0 Å². The maximum atomic E-state index is 5.95. The first-order valence-electron chi connectivity index (χ1n) is 4.69.